The zero-order valence-corrected chi connectivity index (χ0v) is 18.2. The Kier molecular flexibility index (Phi) is 5.04. The monoisotopic (exact) mass is 490 g/mol. The molecular weight excluding hydrogens is 474 g/mol. The van der Waals surface area contributed by atoms with Crippen LogP contribution in [-0.4, -0.2) is 33.3 Å². The third kappa shape index (κ3) is 3.73. The number of aromatic nitrogens is 4. The summed E-state index contributed by atoms with van der Waals surface area (Å²) in [4.78, 5) is 7.31. The topological polar surface area (TPSA) is 69.8 Å². The summed E-state index contributed by atoms with van der Waals surface area (Å²) in [5.74, 6) is -0.358. The minimum absolute atomic E-state index is 0.0187. The summed E-state index contributed by atoms with van der Waals surface area (Å²) in [5.41, 5.74) is -1.97. The maximum atomic E-state index is 13.4. The molecule has 0 atom stereocenters. The van der Waals surface area contributed by atoms with Crippen molar-refractivity contribution in [3.05, 3.63) is 41.9 Å². The van der Waals surface area contributed by atoms with Gasteiger partial charge in [-0.15, -0.1) is 0 Å². The number of fused-ring (bicyclic) bond motifs is 2. The van der Waals surface area contributed by atoms with Gasteiger partial charge < -0.3 is 9.13 Å². The molecule has 0 aliphatic rings. The first kappa shape index (κ1) is 23.1. The first-order valence-electron chi connectivity index (χ1n) is 9.48. The number of nitrogens with zero attached hydrogens (tertiary/aromatic N) is 4. The second-order valence-corrected chi connectivity index (χ2v) is 9.69. The van der Waals surface area contributed by atoms with Crippen molar-refractivity contribution in [1.29, 1.82) is 0 Å². The zero-order chi connectivity index (χ0) is 24.5. The van der Waals surface area contributed by atoms with Crippen molar-refractivity contribution in [2.75, 3.05) is 5.75 Å². The van der Waals surface area contributed by atoms with Crippen molar-refractivity contribution in [2.24, 2.45) is 14.1 Å². The van der Waals surface area contributed by atoms with Crippen LogP contribution in [0.15, 0.2) is 35.4 Å². The van der Waals surface area contributed by atoms with Crippen LogP contribution in [0.2, 0.25) is 0 Å². The number of rotatable bonds is 3. The fraction of sp³-hybridized carbons (Fsp3) is 0.300. The number of alkyl halides is 6. The summed E-state index contributed by atoms with van der Waals surface area (Å²) < 4.78 is 107. The molecule has 1 aromatic carbocycles. The molecule has 0 aliphatic heterocycles. The molecule has 0 fully saturated rings. The highest BCUT2D eigenvalue weighted by Crippen LogP contribution is 2.38. The molecule has 0 bridgehead atoms. The average Bonchev–Trinajstić information content (AvgIpc) is 3.23. The Morgan fingerprint density at radius 2 is 1.58 bits per heavy atom. The number of halogens is 6. The van der Waals surface area contributed by atoms with Crippen molar-refractivity contribution in [2.45, 2.75) is 24.2 Å². The van der Waals surface area contributed by atoms with Gasteiger partial charge in [0.1, 0.15) is 17.2 Å². The Morgan fingerprint density at radius 3 is 2.15 bits per heavy atom. The van der Waals surface area contributed by atoms with Crippen LogP contribution in [0, 0.1) is 0 Å². The van der Waals surface area contributed by atoms with E-state index in [2.05, 4.69) is 9.97 Å². The average molecular weight is 490 g/mol. The first-order valence-corrected chi connectivity index (χ1v) is 11.1. The highest BCUT2D eigenvalue weighted by molar-refractivity contribution is 7.91. The van der Waals surface area contributed by atoms with Crippen molar-refractivity contribution >= 4 is 31.8 Å². The number of aryl methyl sites for hydroxylation is 2. The molecule has 3 aromatic heterocycles. The smallest absolute Gasteiger partial charge is 0.340 e. The van der Waals surface area contributed by atoms with E-state index in [1.54, 1.807) is 0 Å². The molecule has 0 spiro atoms. The van der Waals surface area contributed by atoms with Crippen LogP contribution in [0.4, 0.5) is 26.3 Å². The number of pyridine rings is 1. The molecule has 33 heavy (non-hydrogen) atoms. The van der Waals surface area contributed by atoms with E-state index in [1.165, 1.54) is 31.7 Å². The lowest BCUT2D eigenvalue weighted by Crippen LogP contribution is -2.10. The van der Waals surface area contributed by atoms with Gasteiger partial charge in [0.25, 0.3) is 0 Å². The standard InChI is InChI=1S/C20H16F6N4O2S/c1-4-33(31,32)15-5-10-6-17(20(24,25)26)29(2)13(10)7-11(15)18-28-12-8-16(19(21,22)23)27-9-14(12)30(18)3/h5-9H,4H2,1-3H3. The van der Waals surface area contributed by atoms with E-state index in [0.717, 1.165) is 29.0 Å². The van der Waals surface area contributed by atoms with E-state index < -0.39 is 33.6 Å². The predicted molar refractivity (Wildman–Crippen MR) is 108 cm³/mol. The lowest BCUT2D eigenvalue weighted by atomic mass is 10.1. The summed E-state index contributed by atoms with van der Waals surface area (Å²) in [5, 5.41) is 0.0559. The Hall–Kier alpha value is -3.09. The highest BCUT2D eigenvalue weighted by atomic mass is 32.2. The van der Waals surface area contributed by atoms with Crippen LogP contribution in [0.1, 0.15) is 18.3 Å². The molecule has 0 N–H and O–H groups in total. The number of hydrogen-bond acceptors (Lipinski definition) is 4. The molecule has 0 unspecified atom stereocenters. The number of hydrogen-bond donors (Lipinski definition) is 0. The SMILES string of the molecule is CCS(=O)(=O)c1cc2cc(C(F)(F)F)n(C)c2cc1-c1nc2cc(C(F)(F)F)ncc2n1C. The normalized spacial score (nSPS) is 13.4. The van der Waals surface area contributed by atoms with Crippen LogP contribution in [0.3, 0.4) is 0 Å². The van der Waals surface area contributed by atoms with Crippen molar-refractivity contribution in [3.8, 4) is 11.4 Å². The second kappa shape index (κ2) is 7.20. The predicted octanol–water partition coefficient (Wildman–Crippen LogP) is 4.96. The van der Waals surface area contributed by atoms with Crippen molar-refractivity contribution in [1.82, 2.24) is 19.1 Å². The lowest BCUT2D eigenvalue weighted by molar-refractivity contribution is -0.143. The molecule has 0 aliphatic carbocycles. The maximum Gasteiger partial charge on any atom is 0.433 e. The Bertz CT molecular complexity index is 1510. The summed E-state index contributed by atoms with van der Waals surface area (Å²) in [6.45, 7) is 1.38. The molecule has 0 amide bonds. The van der Waals surface area contributed by atoms with Gasteiger partial charge in [0, 0.05) is 30.6 Å². The third-order valence-corrected chi connectivity index (χ3v) is 7.22. The fourth-order valence-corrected chi connectivity index (χ4v) is 4.81. The van der Waals surface area contributed by atoms with Gasteiger partial charge in [0.15, 0.2) is 9.84 Å². The van der Waals surface area contributed by atoms with E-state index in [9.17, 15) is 34.8 Å². The van der Waals surface area contributed by atoms with Crippen LogP contribution >= 0.6 is 0 Å². The minimum atomic E-state index is -4.71. The summed E-state index contributed by atoms with van der Waals surface area (Å²) in [6, 6.07) is 3.97. The van der Waals surface area contributed by atoms with Gasteiger partial charge in [0.2, 0.25) is 0 Å². The Morgan fingerprint density at radius 1 is 0.909 bits per heavy atom. The van der Waals surface area contributed by atoms with Crippen molar-refractivity contribution in [3.63, 3.8) is 0 Å². The van der Waals surface area contributed by atoms with Gasteiger partial charge in [-0.2, -0.15) is 26.3 Å². The van der Waals surface area contributed by atoms with Crippen LogP contribution in [-0.2, 0) is 36.3 Å². The fourth-order valence-electron chi connectivity index (χ4n) is 3.71. The summed E-state index contributed by atoms with van der Waals surface area (Å²) in [7, 11) is -1.28. The molecule has 0 saturated heterocycles. The largest absolute Gasteiger partial charge is 0.433 e. The van der Waals surface area contributed by atoms with Crippen LogP contribution in [0.5, 0.6) is 0 Å². The van der Waals surface area contributed by atoms with E-state index >= 15 is 0 Å². The summed E-state index contributed by atoms with van der Waals surface area (Å²) in [6.07, 6.45) is -8.42. The number of benzene rings is 1. The third-order valence-electron chi connectivity index (χ3n) is 5.45. The molecule has 4 rings (SSSR count). The Balaban J connectivity index is 2.07. The molecular formula is C20H16F6N4O2S. The minimum Gasteiger partial charge on any atom is -0.340 e. The van der Waals surface area contributed by atoms with Gasteiger partial charge in [-0.1, -0.05) is 6.92 Å². The van der Waals surface area contributed by atoms with Crippen LogP contribution in [0.25, 0.3) is 33.3 Å². The molecule has 6 nitrogen and oxygen atoms in total. The maximum absolute atomic E-state index is 13.4. The second-order valence-electron chi connectivity index (χ2n) is 7.45. The molecule has 0 saturated carbocycles. The van der Waals surface area contributed by atoms with Gasteiger partial charge in [-0.05, 0) is 24.3 Å². The van der Waals surface area contributed by atoms with Gasteiger partial charge in [0.05, 0.1) is 27.9 Å². The summed E-state index contributed by atoms with van der Waals surface area (Å²) >= 11 is 0. The van der Waals surface area contributed by atoms with E-state index in [0.29, 0.717) is 0 Å². The van der Waals surface area contributed by atoms with E-state index in [1.807, 2.05) is 0 Å². The number of sulfone groups is 1. The molecule has 4 aromatic rings. The van der Waals surface area contributed by atoms with Gasteiger partial charge in [-0.3, -0.25) is 0 Å². The van der Waals surface area contributed by atoms with Crippen molar-refractivity contribution < 1.29 is 34.8 Å². The number of imidazole rings is 1. The van der Waals surface area contributed by atoms with E-state index in [-0.39, 0.29) is 44.0 Å². The zero-order valence-electron chi connectivity index (χ0n) is 17.4. The van der Waals surface area contributed by atoms with Gasteiger partial charge >= 0.3 is 12.4 Å². The first-order chi connectivity index (χ1) is 15.1. The molecule has 176 valence electrons. The molecule has 13 heteroatoms. The molecule has 0 radical (unpaired) electrons. The molecule has 3 heterocycles. The lowest BCUT2D eigenvalue weighted by Gasteiger charge is -2.12. The highest BCUT2D eigenvalue weighted by Gasteiger charge is 2.36. The quantitative estimate of drug-likeness (QED) is 0.381. The van der Waals surface area contributed by atoms with Crippen LogP contribution < -0.4 is 0 Å². The van der Waals surface area contributed by atoms with Gasteiger partial charge in [-0.25, -0.2) is 18.4 Å². The Labute approximate surface area is 183 Å². The van der Waals surface area contributed by atoms with E-state index in [4.69, 9.17) is 0 Å².